The smallest absolute Gasteiger partial charge is 0.243 e. The third kappa shape index (κ3) is 11.3. The van der Waals surface area contributed by atoms with Crippen molar-refractivity contribution in [1.82, 2.24) is 20.4 Å². The third-order valence-electron chi connectivity index (χ3n) is 10.3. The zero-order chi connectivity index (χ0) is 33.8. The summed E-state index contributed by atoms with van der Waals surface area (Å²) in [5.74, 6) is -0.534. The third-order valence-corrected chi connectivity index (χ3v) is 10.3. The van der Waals surface area contributed by atoms with Crippen LogP contribution in [-0.4, -0.2) is 77.9 Å². The van der Waals surface area contributed by atoms with Gasteiger partial charge in [-0.2, -0.15) is 0 Å². The zero-order valence-corrected chi connectivity index (χ0v) is 30.7. The second-order valence-electron chi connectivity index (χ2n) is 17.8. The number of carbonyl (C=O) groups is 3. The molecule has 0 saturated carbocycles. The Hall–Kier alpha value is -1.67. The summed E-state index contributed by atoms with van der Waals surface area (Å²) in [6.45, 7) is 28.1. The molecule has 2 unspecified atom stereocenters. The molecule has 0 aromatic carbocycles. The van der Waals surface area contributed by atoms with Crippen LogP contribution in [-0.2, 0) is 14.4 Å². The fourth-order valence-electron chi connectivity index (χ4n) is 6.17. The summed E-state index contributed by atoms with van der Waals surface area (Å²) in [5.41, 5.74) is 4.59. The van der Waals surface area contributed by atoms with E-state index in [0.717, 1.165) is 32.1 Å². The molecule has 1 aliphatic rings. The first kappa shape index (κ1) is 39.4. The molecule has 1 rings (SSSR count). The van der Waals surface area contributed by atoms with Crippen LogP contribution in [0.1, 0.15) is 135 Å². The summed E-state index contributed by atoms with van der Waals surface area (Å²) in [6, 6.07) is -1.31. The van der Waals surface area contributed by atoms with E-state index in [9.17, 15) is 14.4 Å². The lowest BCUT2D eigenvalue weighted by atomic mass is 9.72. The van der Waals surface area contributed by atoms with Gasteiger partial charge in [0.15, 0.2) is 0 Å². The number of amides is 3. The summed E-state index contributed by atoms with van der Waals surface area (Å²) in [6.07, 6.45) is 5.73. The van der Waals surface area contributed by atoms with E-state index >= 15 is 0 Å². The number of nitrogens with zero attached hydrogens (tertiary/aromatic N) is 2. The predicted octanol–water partition coefficient (Wildman–Crippen LogP) is 5.73. The van der Waals surface area contributed by atoms with Crippen molar-refractivity contribution >= 4 is 17.7 Å². The highest BCUT2D eigenvalue weighted by molar-refractivity contribution is 5.93. The second-order valence-corrected chi connectivity index (χ2v) is 17.8. The molecule has 252 valence electrons. The summed E-state index contributed by atoms with van der Waals surface area (Å²) < 4.78 is 0. The molecule has 0 bridgehead atoms. The van der Waals surface area contributed by atoms with E-state index in [2.05, 4.69) is 91.9 Å². The van der Waals surface area contributed by atoms with E-state index in [4.69, 9.17) is 5.73 Å². The van der Waals surface area contributed by atoms with Crippen molar-refractivity contribution < 1.29 is 14.4 Å². The Morgan fingerprint density at radius 3 is 2.00 bits per heavy atom. The maximum atomic E-state index is 14.0. The lowest BCUT2D eigenvalue weighted by molar-refractivity contribution is -0.155. The number of nitrogens with two attached hydrogens (primary N) is 1. The molecule has 2 atom stereocenters. The molecule has 8 nitrogen and oxygen atoms in total. The predicted molar refractivity (Wildman–Crippen MR) is 180 cm³/mol. The fraction of sp³-hybridized carbons (Fsp3) is 0.914. The highest BCUT2D eigenvalue weighted by atomic mass is 16.2. The van der Waals surface area contributed by atoms with Gasteiger partial charge in [-0.3, -0.25) is 14.4 Å². The quantitative estimate of drug-likeness (QED) is 0.220. The van der Waals surface area contributed by atoms with Crippen molar-refractivity contribution in [1.29, 1.82) is 0 Å². The summed E-state index contributed by atoms with van der Waals surface area (Å²) in [5, 5.41) is 6.31. The number of likely N-dealkylation sites (tertiary alicyclic amines) is 1. The Kier molecular flexibility index (Phi) is 13.0. The van der Waals surface area contributed by atoms with Crippen LogP contribution in [0.15, 0.2) is 0 Å². The fourth-order valence-corrected chi connectivity index (χ4v) is 6.17. The Balaban J connectivity index is 3.26. The molecule has 1 aliphatic heterocycles. The lowest BCUT2D eigenvalue weighted by Crippen LogP contribution is -2.64. The molecule has 3 amide bonds. The molecule has 0 aromatic heterocycles. The van der Waals surface area contributed by atoms with Crippen molar-refractivity contribution in [3.8, 4) is 0 Å². The van der Waals surface area contributed by atoms with Gasteiger partial charge in [0.2, 0.25) is 17.7 Å². The standard InChI is InChI=1S/C35H69N5O3/c1-16-19-30(2,3)20-17-25(27(41)37-23-32(6,7)22-33(8,9)39(14)15)38-28(42)26-18-21-31(4,5)24-40(26)29(43)34(10,11)35(12,13)36/h25-26H,16-24,36H2,1-15H3,(H,37,41)(H,38,42). The Labute approximate surface area is 265 Å². The van der Waals surface area contributed by atoms with Gasteiger partial charge in [-0.25, -0.2) is 0 Å². The summed E-state index contributed by atoms with van der Waals surface area (Å²) >= 11 is 0. The van der Waals surface area contributed by atoms with Crippen molar-refractivity contribution in [2.75, 3.05) is 27.2 Å². The zero-order valence-electron chi connectivity index (χ0n) is 30.7. The van der Waals surface area contributed by atoms with Gasteiger partial charge >= 0.3 is 0 Å². The molecular formula is C35H69N5O3. The first-order valence-corrected chi connectivity index (χ1v) is 16.5. The number of nitrogens with one attached hydrogen (secondary N) is 2. The number of carbonyl (C=O) groups excluding carboxylic acids is 3. The molecule has 1 heterocycles. The van der Waals surface area contributed by atoms with E-state index < -0.39 is 23.0 Å². The van der Waals surface area contributed by atoms with E-state index in [1.807, 2.05) is 27.7 Å². The van der Waals surface area contributed by atoms with Crippen LogP contribution >= 0.6 is 0 Å². The Morgan fingerprint density at radius 1 is 0.953 bits per heavy atom. The Bertz CT molecular complexity index is 959. The number of hydrogen-bond acceptors (Lipinski definition) is 5. The van der Waals surface area contributed by atoms with Crippen molar-refractivity contribution in [2.24, 2.45) is 27.4 Å². The second kappa shape index (κ2) is 14.2. The van der Waals surface area contributed by atoms with Gasteiger partial charge in [0.1, 0.15) is 12.1 Å². The van der Waals surface area contributed by atoms with Gasteiger partial charge in [-0.1, -0.05) is 54.9 Å². The monoisotopic (exact) mass is 608 g/mol. The van der Waals surface area contributed by atoms with Gasteiger partial charge in [0.25, 0.3) is 0 Å². The molecule has 0 aliphatic carbocycles. The van der Waals surface area contributed by atoms with Crippen molar-refractivity contribution in [3.63, 3.8) is 0 Å². The SMILES string of the molecule is CCCC(C)(C)CCC(NC(=O)C1CCC(C)(C)CN1C(=O)C(C)(C)C(C)(C)N)C(=O)NCC(C)(C)CC(C)(C)N(C)C. The molecule has 0 radical (unpaired) electrons. The van der Waals surface area contributed by atoms with Gasteiger partial charge in [-0.05, 0) is 110 Å². The average molecular weight is 608 g/mol. The minimum absolute atomic E-state index is 0.0252. The molecule has 1 fully saturated rings. The Morgan fingerprint density at radius 2 is 1.51 bits per heavy atom. The van der Waals surface area contributed by atoms with Crippen LogP contribution in [0.2, 0.25) is 0 Å². The number of rotatable bonds is 15. The van der Waals surface area contributed by atoms with Gasteiger partial charge < -0.3 is 26.2 Å². The first-order chi connectivity index (χ1) is 19.2. The molecule has 8 heteroatoms. The van der Waals surface area contributed by atoms with Crippen LogP contribution in [0.3, 0.4) is 0 Å². The molecule has 0 aromatic rings. The van der Waals surface area contributed by atoms with E-state index in [0.29, 0.717) is 25.9 Å². The lowest BCUT2D eigenvalue weighted by Gasteiger charge is -2.48. The molecular weight excluding hydrogens is 538 g/mol. The molecule has 1 saturated heterocycles. The summed E-state index contributed by atoms with van der Waals surface area (Å²) in [7, 11) is 4.16. The largest absolute Gasteiger partial charge is 0.354 e. The topological polar surface area (TPSA) is 108 Å². The van der Waals surface area contributed by atoms with Gasteiger partial charge in [0.05, 0.1) is 5.41 Å². The maximum absolute atomic E-state index is 14.0. The molecule has 4 N–H and O–H groups in total. The highest BCUT2D eigenvalue weighted by Gasteiger charge is 2.48. The average Bonchev–Trinajstić information content (AvgIpc) is 2.82. The van der Waals surface area contributed by atoms with Gasteiger partial charge in [0, 0.05) is 24.2 Å². The molecule has 43 heavy (non-hydrogen) atoms. The van der Waals surface area contributed by atoms with Crippen LogP contribution < -0.4 is 16.4 Å². The number of hydrogen-bond donors (Lipinski definition) is 3. The normalized spacial score (nSPS) is 19.3. The minimum atomic E-state index is -0.869. The summed E-state index contributed by atoms with van der Waals surface area (Å²) in [4.78, 5) is 45.7. The van der Waals surface area contributed by atoms with Gasteiger partial charge in [-0.15, -0.1) is 0 Å². The minimum Gasteiger partial charge on any atom is -0.354 e. The maximum Gasteiger partial charge on any atom is 0.243 e. The van der Waals surface area contributed by atoms with Crippen LogP contribution in [0.4, 0.5) is 0 Å². The van der Waals surface area contributed by atoms with Crippen molar-refractivity contribution in [3.05, 3.63) is 0 Å². The first-order valence-electron chi connectivity index (χ1n) is 16.5. The van der Waals surface area contributed by atoms with Crippen LogP contribution in [0, 0.1) is 21.7 Å². The van der Waals surface area contributed by atoms with Crippen LogP contribution in [0.5, 0.6) is 0 Å². The highest BCUT2D eigenvalue weighted by Crippen LogP contribution is 2.38. The van der Waals surface area contributed by atoms with Crippen molar-refractivity contribution in [2.45, 2.75) is 158 Å². The van der Waals surface area contributed by atoms with Crippen LogP contribution in [0.25, 0.3) is 0 Å². The van der Waals surface area contributed by atoms with E-state index in [1.165, 1.54) is 0 Å². The van der Waals surface area contributed by atoms with E-state index in [1.54, 1.807) is 4.90 Å². The number of piperidine rings is 1. The molecule has 0 spiro atoms. The van der Waals surface area contributed by atoms with E-state index in [-0.39, 0.29) is 39.5 Å².